The van der Waals surface area contributed by atoms with Gasteiger partial charge >= 0.3 is 31.1 Å². The van der Waals surface area contributed by atoms with Crippen molar-refractivity contribution < 1.29 is 70.2 Å². The minimum Gasteiger partial charge on any atom is -0.354 e. The van der Waals surface area contributed by atoms with E-state index in [1.807, 2.05) is 0 Å². The molecular formula is C12H8F16N2. The van der Waals surface area contributed by atoms with Crippen LogP contribution in [0.3, 0.4) is 0 Å². The highest BCUT2D eigenvalue weighted by molar-refractivity contribution is 5.14. The van der Waals surface area contributed by atoms with Crippen LogP contribution in [-0.2, 0) is 0 Å². The molecule has 1 fully saturated rings. The third-order valence-electron chi connectivity index (χ3n) is 3.84. The molecule has 2 atom stereocenters. The first-order chi connectivity index (χ1) is 13.0. The number of likely N-dealkylation sites (tertiary alicyclic amines) is 1. The van der Waals surface area contributed by atoms with Crippen LogP contribution in [0.2, 0.25) is 0 Å². The Kier molecular flexibility index (Phi) is 6.76. The SMILES string of the molecule is F/C(=C(\N1CC(C(F)(F)F)CC(C(F)(F)F)C1)N(C(F)(F)F)C(F)(F)F)C(F)(F)F. The Labute approximate surface area is 155 Å². The van der Waals surface area contributed by atoms with Gasteiger partial charge in [0, 0.05) is 13.1 Å². The molecule has 1 aliphatic rings. The van der Waals surface area contributed by atoms with Gasteiger partial charge in [-0.1, -0.05) is 0 Å². The third-order valence-corrected chi connectivity index (χ3v) is 3.84. The van der Waals surface area contributed by atoms with Crippen molar-refractivity contribution >= 4 is 0 Å². The average molecular weight is 484 g/mol. The topological polar surface area (TPSA) is 6.48 Å². The fourth-order valence-corrected chi connectivity index (χ4v) is 2.64. The zero-order chi connectivity index (χ0) is 24.1. The summed E-state index contributed by atoms with van der Waals surface area (Å²) in [6, 6.07) is 0. The lowest BCUT2D eigenvalue weighted by Gasteiger charge is -2.44. The van der Waals surface area contributed by atoms with E-state index in [9.17, 15) is 70.2 Å². The van der Waals surface area contributed by atoms with Crippen molar-refractivity contribution in [2.75, 3.05) is 13.1 Å². The van der Waals surface area contributed by atoms with Gasteiger partial charge in [0.1, 0.15) is 0 Å². The highest BCUT2D eigenvalue weighted by atomic mass is 19.4. The summed E-state index contributed by atoms with van der Waals surface area (Å²) in [5, 5.41) is 0. The van der Waals surface area contributed by atoms with Gasteiger partial charge in [0.2, 0.25) is 5.83 Å². The molecule has 178 valence electrons. The molecule has 0 amide bonds. The Morgan fingerprint density at radius 3 is 1.20 bits per heavy atom. The molecule has 0 aliphatic carbocycles. The highest BCUT2D eigenvalue weighted by Gasteiger charge is 2.61. The molecule has 1 rings (SSSR count). The van der Waals surface area contributed by atoms with E-state index in [1.54, 1.807) is 0 Å². The summed E-state index contributed by atoms with van der Waals surface area (Å²) < 4.78 is 205. The molecule has 0 bridgehead atoms. The maximum Gasteiger partial charge on any atom is 0.493 e. The predicted octanol–water partition coefficient (Wildman–Crippen LogP) is 6.09. The molecule has 2 nitrogen and oxygen atoms in total. The van der Waals surface area contributed by atoms with Crippen molar-refractivity contribution in [2.24, 2.45) is 11.8 Å². The van der Waals surface area contributed by atoms with Crippen LogP contribution < -0.4 is 0 Å². The molecule has 1 aliphatic heterocycles. The van der Waals surface area contributed by atoms with Crippen molar-refractivity contribution in [3.05, 3.63) is 11.6 Å². The van der Waals surface area contributed by atoms with E-state index in [-0.39, 0.29) is 0 Å². The van der Waals surface area contributed by atoms with Crippen LogP contribution >= 0.6 is 0 Å². The van der Waals surface area contributed by atoms with Gasteiger partial charge in [-0.2, -0.15) is 48.8 Å². The maximum absolute atomic E-state index is 13.6. The van der Waals surface area contributed by atoms with Crippen LogP contribution in [0.4, 0.5) is 70.2 Å². The molecule has 1 heterocycles. The van der Waals surface area contributed by atoms with Gasteiger partial charge in [-0.05, 0) is 6.42 Å². The Hall–Kier alpha value is -1.78. The van der Waals surface area contributed by atoms with Crippen LogP contribution in [0.25, 0.3) is 0 Å². The predicted molar refractivity (Wildman–Crippen MR) is 63.4 cm³/mol. The van der Waals surface area contributed by atoms with Gasteiger partial charge in [0.05, 0.1) is 11.8 Å². The molecule has 1 saturated heterocycles. The van der Waals surface area contributed by atoms with Crippen LogP contribution in [0.1, 0.15) is 6.42 Å². The zero-order valence-electron chi connectivity index (χ0n) is 13.7. The molecule has 30 heavy (non-hydrogen) atoms. The molecule has 0 radical (unpaired) electrons. The van der Waals surface area contributed by atoms with E-state index >= 15 is 0 Å². The van der Waals surface area contributed by atoms with Gasteiger partial charge in [0.25, 0.3) is 0 Å². The summed E-state index contributed by atoms with van der Waals surface area (Å²) in [5.41, 5.74) is 0. The molecule has 0 spiro atoms. The number of hydrogen-bond donors (Lipinski definition) is 0. The van der Waals surface area contributed by atoms with E-state index in [1.165, 1.54) is 0 Å². The lowest BCUT2D eigenvalue weighted by molar-refractivity contribution is -0.367. The van der Waals surface area contributed by atoms with Gasteiger partial charge in [-0.25, -0.2) is 0 Å². The smallest absolute Gasteiger partial charge is 0.354 e. The fourth-order valence-electron chi connectivity index (χ4n) is 2.64. The Morgan fingerprint density at radius 1 is 0.633 bits per heavy atom. The van der Waals surface area contributed by atoms with Crippen LogP contribution in [0.15, 0.2) is 11.6 Å². The minimum atomic E-state index is -6.88. The standard InChI is InChI=1S/C12H8F16N2/c13-6(10(20,21)22)7(30(11(23,24)25)12(26,27)28)29-2-4(8(14,15)16)1-5(3-29)9(17,18)19/h4-5H,1-3H2/b7-6+. The number of allylic oxidation sites excluding steroid dienone is 1. The van der Waals surface area contributed by atoms with Crippen molar-refractivity contribution in [1.82, 2.24) is 9.80 Å². The molecule has 18 heteroatoms. The second-order valence-electron chi connectivity index (χ2n) is 6.02. The summed E-state index contributed by atoms with van der Waals surface area (Å²) in [5.74, 6) is -14.3. The quantitative estimate of drug-likeness (QED) is 0.346. The van der Waals surface area contributed by atoms with E-state index < -0.39 is 83.9 Å². The van der Waals surface area contributed by atoms with E-state index in [0.29, 0.717) is 0 Å². The maximum atomic E-state index is 13.6. The molecule has 0 aromatic rings. The van der Waals surface area contributed by atoms with Crippen molar-refractivity contribution in [3.8, 4) is 0 Å². The van der Waals surface area contributed by atoms with Crippen molar-refractivity contribution in [2.45, 2.75) is 37.6 Å². The van der Waals surface area contributed by atoms with Crippen LogP contribution in [-0.4, -0.2) is 54.0 Å². The zero-order valence-corrected chi connectivity index (χ0v) is 13.7. The lowest BCUT2D eigenvalue weighted by Crippen LogP contribution is -2.57. The van der Waals surface area contributed by atoms with E-state index in [0.717, 1.165) is 0 Å². The molecule has 2 unspecified atom stereocenters. The number of halogens is 16. The van der Waals surface area contributed by atoms with Gasteiger partial charge in [-0.15, -0.1) is 26.3 Å². The summed E-state index contributed by atoms with van der Waals surface area (Å²) >= 11 is 0. The first kappa shape index (κ1) is 26.3. The number of rotatable bonds is 2. The molecule has 0 aromatic carbocycles. The molecule has 0 N–H and O–H groups in total. The van der Waals surface area contributed by atoms with Crippen molar-refractivity contribution in [3.63, 3.8) is 0 Å². The Balaban J connectivity index is 3.75. The van der Waals surface area contributed by atoms with Gasteiger partial charge < -0.3 is 4.90 Å². The number of nitrogens with zero attached hydrogens (tertiary/aromatic N) is 2. The van der Waals surface area contributed by atoms with Gasteiger partial charge in [0.15, 0.2) is 5.82 Å². The highest BCUT2D eigenvalue weighted by Crippen LogP contribution is 2.47. The minimum absolute atomic E-state index is 1.19. The van der Waals surface area contributed by atoms with E-state index in [4.69, 9.17) is 0 Å². The molecule has 0 saturated carbocycles. The Morgan fingerprint density at radius 2 is 0.967 bits per heavy atom. The number of hydrogen-bond acceptors (Lipinski definition) is 2. The average Bonchev–Trinajstić information content (AvgIpc) is 2.46. The second-order valence-corrected chi connectivity index (χ2v) is 6.02. The molecular weight excluding hydrogens is 476 g/mol. The fraction of sp³-hybridized carbons (Fsp3) is 0.833. The monoisotopic (exact) mass is 484 g/mol. The first-order valence-corrected chi connectivity index (χ1v) is 7.26. The number of alkyl halides is 15. The van der Waals surface area contributed by atoms with Crippen molar-refractivity contribution in [1.29, 1.82) is 0 Å². The summed E-state index contributed by atoms with van der Waals surface area (Å²) in [6.45, 7) is -4.42. The second kappa shape index (κ2) is 7.72. The van der Waals surface area contributed by atoms with Crippen LogP contribution in [0, 0.1) is 11.8 Å². The lowest BCUT2D eigenvalue weighted by atomic mass is 9.88. The summed E-state index contributed by atoms with van der Waals surface area (Å²) in [6.07, 6.45) is -33.5. The third kappa shape index (κ3) is 6.12. The number of piperidine rings is 1. The Bertz CT molecular complexity index is 597. The van der Waals surface area contributed by atoms with E-state index in [2.05, 4.69) is 0 Å². The molecule has 0 aromatic heterocycles. The summed E-state index contributed by atoms with van der Waals surface area (Å²) in [4.78, 5) is -4.31. The summed E-state index contributed by atoms with van der Waals surface area (Å²) in [7, 11) is 0. The first-order valence-electron chi connectivity index (χ1n) is 7.26. The largest absolute Gasteiger partial charge is 0.493 e. The normalized spacial score (nSPS) is 23.4. The van der Waals surface area contributed by atoms with Crippen LogP contribution in [0.5, 0.6) is 0 Å². The van der Waals surface area contributed by atoms with Gasteiger partial charge in [-0.3, -0.25) is 0 Å².